The monoisotopic (exact) mass is 528 g/mol. The molecule has 202 valence electrons. The molecular formula is C35H36N4O. The largest absolute Gasteiger partial charge is 0.322 e. The molecular weight excluding hydrogens is 492 g/mol. The number of pyridine rings is 1. The maximum absolute atomic E-state index is 13.3. The second kappa shape index (κ2) is 11.1. The predicted molar refractivity (Wildman–Crippen MR) is 164 cm³/mol. The Hall–Kier alpha value is -4.22. The summed E-state index contributed by atoms with van der Waals surface area (Å²) in [5.74, 6) is -0.116. The van der Waals surface area contributed by atoms with Gasteiger partial charge in [0.1, 0.15) is 0 Å². The van der Waals surface area contributed by atoms with Crippen LogP contribution >= 0.6 is 0 Å². The van der Waals surface area contributed by atoms with Crippen LogP contribution in [-0.4, -0.2) is 32.9 Å². The lowest BCUT2D eigenvalue weighted by Gasteiger charge is -2.33. The molecule has 1 fully saturated rings. The minimum absolute atomic E-state index is 0.116. The highest BCUT2D eigenvalue weighted by molar-refractivity contribution is 6.05. The minimum atomic E-state index is -0.116. The van der Waals surface area contributed by atoms with Gasteiger partial charge in [0.25, 0.3) is 5.91 Å². The molecule has 1 unspecified atom stereocenters. The lowest BCUT2D eigenvalue weighted by atomic mass is 10.0. The lowest BCUT2D eigenvalue weighted by Crippen LogP contribution is -2.36. The van der Waals surface area contributed by atoms with Crippen molar-refractivity contribution in [3.63, 3.8) is 0 Å². The highest BCUT2D eigenvalue weighted by atomic mass is 16.1. The Morgan fingerprint density at radius 3 is 2.60 bits per heavy atom. The zero-order chi connectivity index (χ0) is 27.6. The van der Waals surface area contributed by atoms with Gasteiger partial charge in [-0.05, 0) is 94.3 Å². The number of fused-ring (bicyclic) bond motifs is 1. The fraction of sp³-hybridized carbons (Fsp3) is 0.257. The molecule has 0 saturated carbocycles. The summed E-state index contributed by atoms with van der Waals surface area (Å²) in [5.41, 5.74) is 8.60. The highest BCUT2D eigenvalue weighted by Crippen LogP contribution is 2.27. The molecule has 0 spiro atoms. The topological polar surface area (TPSA) is 50.2 Å². The summed E-state index contributed by atoms with van der Waals surface area (Å²) in [6.45, 7) is 8.53. The van der Waals surface area contributed by atoms with Crippen LogP contribution in [0.25, 0.3) is 27.8 Å². The summed E-state index contributed by atoms with van der Waals surface area (Å²) in [6, 6.07) is 31.5. The van der Waals surface area contributed by atoms with E-state index in [0.29, 0.717) is 11.6 Å². The first kappa shape index (κ1) is 26.0. The SMILES string of the molecule is Cc1cc(C(=O)Nc2cccc(-c3ccc4cc(CN5CCCCC5C)ccc4n3)c2)c(C)n1-c1ccccc1. The normalized spacial score (nSPS) is 15.8. The Balaban J connectivity index is 1.20. The van der Waals surface area contributed by atoms with Gasteiger partial charge in [-0.1, -0.05) is 48.9 Å². The molecule has 1 atom stereocenters. The fourth-order valence-corrected chi connectivity index (χ4v) is 5.98. The van der Waals surface area contributed by atoms with Crippen molar-refractivity contribution in [2.24, 2.45) is 0 Å². The van der Waals surface area contributed by atoms with E-state index >= 15 is 0 Å². The van der Waals surface area contributed by atoms with E-state index in [-0.39, 0.29) is 5.91 Å². The molecule has 5 heteroatoms. The van der Waals surface area contributed by atoms with Crippen LogP contribution in [-0.2, 0) is 6.54 Å². The summed E-state index contributed by atoms with van der Waals surface area (Å²) >= 11 is 0. The molecule has 1 saturated heterocycles. The Kier molecular flexibility index (Phi) is 7.23. The van der Waals surface area contributed by atoms with E-state index in [1.807, 2.05) is 62.4 Å². The van der Waals surface area contributed by atoms with Crippen LogP contribution < -0.4 is 5.32 Å². The first-order chi connectivity index (χ1) is 19.5. The molecule has 3 aromatic carbocycles. The Labute approximate surface area is 236 Å². The standard InChI is InChI=1S/C35H36N4O/c1-24-10-7-8-19-38(24)23-27-15-17-33-29(21-27)16-18-34(37-33)28-11-9-12-30(22-28)36-35(40)32-20-25(2)39(26(32)3)31-13-5-4-6-14-31/h4-6,9,11-18,20-22,24H,7-8,10,19,23H2,1-3H3,(H,36,40). The van der Waals surface area contributed by atoms with Crippen molar-refractivity contribution in [1.29, 1.82) is 0 Å². The first-order valence-electron chi connectivity index (χ1n) is 14.3. The van der Waals surface area contributed by atoms with Crippen LogP contribution in [0.4, 0.5) is 5.69 Å². The van der Waals surface area contributed by atoms with Gasteiger partial charge < -0.3 is 9.88 Å². The van der Waals surface area contributed by atoms with Crippen molar-refractivity contribution >= 4 is 22.5 Å². The number of hydrogen-bond donors (Lipinski definition) is 1. The zero-order valence-corrected chi connectivity index (χ0v) is 23.5. The Morgan fingerprint density at radius 2 is 1.77 bits per heavy atom. The van der Waals surface area contributed by atoms with Crippen molar-refractivity contribution in [2.75, 3.05) is 11.9 Å². The third-order valence-electron chi connectivity index (χ3n) is 8.19. The zero-order valence-electron chi connectivity index (χ0n) is 23.5. The molecule has 5 nitrogen and oxygen atoms in total. The lowest BCUT2D eigenvalue weighted by molar-refractivity contribution is 0.102. The molecule has 6 rings (SSSR count). The van der Waals surface area contributed by atoms with E-state index in [1.165, 1.54) is 31.4 Å². The molecule has 3 heterocycles. The fourth-order valence-electron chi connectivity index (χ4n) is 5.98. The minimum Gasteiger partial charge on any atom is -0.322 e. The van der Waals surface area contributed by atoms with Gasteiger partial charge in [-0.15, -0.1) is 0 Å². The second-order valence-electron chi connectivity index (χ2n) is 11.0. The number of piperidine rings is 1. The average Bonchev–Trinajstić information content (AvgIpc) is 3.28. The van der Waals surface area contributed by atoms with Crippen molar-refractivity contribution in [3.8, 4) is 16.9 Å². The molecule has 0 radical (unpaired) electrons. The molecule has 1 aliphatic rings. The first-order valence-corrected chi connectivity index (χ1v) is 14.3. The quantitative estimate of drug-likeness (QED) is 0.243. The number of anilines is 1. The van der Waals surface area contributed by atoms with Crippen LogP contribution in [0.5, 0.6) is 0 Å². The van der Waals surface area contributed by atoms with Crippen LogP contribution in [0.2, 0.25) is 0 Å². The maximum Gasteiger partial charge on any atom is 0.257 e. The van der Waals surface area contributed by atoms with Crippen molar-refractivity contribution in [3.05, 3.63) is 114 Å². The van der Waals surface area contributed by atoms with Crippen LogP contribution in [0.3, 0.4) is 0 Å². The summed E-state index contributed by atoms with van der Waals surface area (Å²) in [4.78, 5) is 20.9. The third-order valence-corrected chi connectivity index (χ3v) is 8.19. The summed E-state index contributed by atoms with van der Waals surface area (Å²) in [7, 11) is 0. The molecule has 0 aliphatic carbocycles. The number of aryl methyl sites for hydroxylation is 1. The number of likely N-dealkylation sites (tertiary alicyclic amines) is 1. The van der Waals surface area contributed by atoms with E-state index < -0.39 is 0 Å². The predicted octanol–water partition coefficient (Wildman–Crippen LogP) is 7.94. The van der Waals surface area contributed by atoms with E-state index in [9.17, 15) is 4.79 Å². The van der Waals surface area contributed by atoms with Gasteiger partial charge in [0.15, 0.2) is 0 Å². The van der Waals surface area contributed by atoms with Gasteiger partial charge in [0.2, 0.25) is 0 Å². The van der Waals surface area contributed by atoms with Gasteiger partial charge in [-0.3, -0.25) is 9.69 Å². The smallest absolute Gasteiger partial charge is 0.257 e. The van der Waals surface area contributed by atoms with Crippen molar-refractivity contribution in [1.82, 2.24) is 14.5 Å². The molecule has 1 N–H and O–H groups in total. The van der Waals surface area contributed by atoms with Crippen LogP contribution in [0, 0.1) is 13.8 Å². The number of carbonyl (C=O) groups is 1. The number of nitrogens with zero attached hydrogens (tertiary/aromatic N) is 3. The number of amides is 1. The van der Waals surface area contributed by atoms with E-state index in [0.717, 1.165) is 51.5 Å². The second-order valence-corrected chi connectivity index (χ2v) is 11.0. The summed E-state index contributed by atoms with van der Waals surface area (Å²) < 4.78 is 2.11. The van der Waals surface area contributed by atoms with E-state index in [4.69, 9.17) is 4.98 Å². The Morgan fingerprint density at radius 1 is 0.925 bits per heavy atom. The molecule has 5 aromatic rings. The van der Waals surface area contributed by atoms with Gasteiger partial charge in [0, 0.05) is 46.3 Å². The van der Waals surface area contributed by atoms with Crippen molar-refractivity contribution in [2.45, 2.75) is 52.6 Å². The van der Waals surface area contributed by atoms with Crippen LogP contribution in [0.1, 0.15) is 53.5 Å². The molecule has 1 amide bonds. The van der Waals surface area contributed by atoms with E-state index in [2.05, 4.69) is 64.2 Å². The summed E-state index contributed by atoms with van der Waals surface area (Å²) in [6.07, 6.45) is 3.92. The molecule has 40 heavy (non-hydrogen) atoms. The van der Waals surface area contributed by atoms with Gasteiger partial charge in [0.05, 0.1) is 16.8 Å². The summed E-state index contributed by atoms with van der Waals surface area (Å²) in [5, 5.41) is 4.26. The third kappa shape index (κ3) is 5.30. The number of carbonyl (C=O) groups excluding carboxylic acids is 1. The molecule has 2 aromatic heterocycles. The number of para-hydroxylation sites is 1. The number of rotatable bonds is 6. The molecule has 1 aliphatic heterocycles. The highest BCUT2D eigenvalue weighted by Gasteiger charge is 2.19. The van der Waals surface area contributed by atoms with Gasteiger partial charge >= 0.3 is 0 Å². The number of aromatic nitrogens is 2. The number of benzene rings is 3. The van der Waals surface area contributed by atoms with Crippen molar-refractivity contribution < 1.29 is 4.79 Å². The Bertz CT molecular complexity index is 1670. The average molecular weight is 529 g/mol. The van der Waals surface area contributed by atoms with E-state index in [1.54, 1.807) is 0 Å². The van der Waals surface area contributed by atoms with Gasteiger partial charge in [-0.25, -0.2) is 4.98 Å². The molecule has 0 bridgehead atoms. The number of nitrogens with one attached hydrogen (secondary N) is 1. The number of hydrogen-bond acceptors (Lipinski definition) is 3. The van der Waals surface area contributed by atoms with Gasteiger partial charge in [-0.2, -0.15) is 0 Å². The maximum atomic E-state index is 13.3. The van der Waals surface area contributed by atoms with Crippen LogP contribution in [0.15, 0.2) is 91.0 Å².